The molecule has 0 unspecified atom stereocenters. The fourth-order valence-electron chi connectivity index (χ4n) is 3.32. The molecule has 0 fully saturated rings. The average molecular weight is 490 g/mol. The molecular formula is C24H35N5O4S. The number of unbranched alkanes of at least 4 members (excludes halogenated alkanes) is 1. The molecule has 3 amide bonds. The fourth-order valence-corrected chi connectivity index (χ4v) is 4.06. The highest BCUT2D eigenvalue weighted by atomic mass is 32.1. The molecule has 0 aliphatic heterocycles. The summed E-state index contributed by atoms with van der Waals surface area (Å²) in [5, 5.41) is 2.97. The number of benzene rings is 1. The molecule has 1 heterocycles. The van der Waals surface area contributed by atoms with Gasteiger partial charge in [0.05, 0.1) is 12.3 Å². The van der Waals surface area contributed by atoms with Gasteiger partial charge in [0, 0.05) is 11.2 Å². The van der Waals surface area contributed by atoms with Crippen molar-refractivity contribution in [1.29, 1.82) is 0 Å². The molecule has 2 rings (SSSR count). The fraction of sp³-hybridized carbons (Fsp3) is 0.500. The molecule has 2 aromatic rings. The van der Waals surface area contributed by atoms with Crippen LogP contribution in [0.3, 0.4) is 0 Å². The third-order valence-corrected chi connectivity index (χ3v) is 5.78. The zero-order valence-corrected chi connectivity index (χ0v) is 21.3. The lowest BCUT2D eigenvalue weighted by Gasteiger charge is -2.33. The molecule has 5 N–H and O–H groups in total. The average Bonchev–Trinajstić information content (AvgIpc) is 3.15. The van der Waals surface area contributed by atoms with Gasteiger partial charge in [-0.3, -0.25) is 19.3 Å². The molecule has 1 aromatic carbocycles. The zero-order valence-electron chi connectivity index (χ0n) is 20.5. The van der Waals surface area contributed by atoms with Gasteiger partial charge in [-0.05, 0) is 69.4 Å². The van der Waals surface area contributed by atoms with Crippen molar-refractivity contribution in [3.63, 3.8) is 0 Å². The summed E-state index contributed by atoms with van der Waals surface area (Å²) >= 11 is 0.789. The van der Waals surface area contributed by atoms with Gasteiger partial charge in [-0.2, -0.15) is 4.37 Å². The first-order valence-electron chi connectivity index (χ1n) is 11.4. The Morgan fingerprint density at radius 3 is 2.29 bits per heavy atom. The summed E-state index contributed by atoms with van der Waals surface area (Å²) in [5.41, 5.74) is 11.2. The van der Waals surface area contributed by atoms with Gasteiger partial charge in [0.25, 0.3) is 11.8 Å². The van der Waals surface area contributed by atoms with E-state index in [4.69, 9.17) is 16.2 Å². The van der Waals surface area contributed by atoms with Crippen molar-refractivity contribution in [3.8, 4) is 5.75 Å². The topological polar surface area (TPSA) is 141 Å². The van der Waals surface area contributed by atoms with E-state index in [1.54, 1.807) is 24.3 Å². The minimum absolute atomic E-state index is 0.0572. The number of amides is 3. The lowest BCUT2D eigenvalue weighted by atomic mass is 10.0. The number of nitrogen functional groups attached to an aromatic ring is 1. The second-order valence-corrected chi connectivity index (χ2v) is 9.83. The van der Waals surface area contributed by atoms with Crippen LogP contribution in [0.5, 0.6) is 5.75 Å². The maximum Gasteiger partial charge on any atom is 0.272 e. The van der Waals surface area contributed by atoms with Crippen LogP contribution in [0.2, 0.25) is 0 Å². The molecule has 0 radical (unpaired) electrons. The van der Waals surface area contributed by atoms with Crippen LogP contribution >= 0.6 is 11.5 Å². The van der Waals surface area contributed by atoms with E-state index in [1.165, 1.54) is 4.90 Å². The lowest BCUT2D eigenvalue weighted by molar-refractivity contribution is -0.123. The summed E-state index contributed by atoms with van der Waals surface area (Å²) in [4.78, 5) is 40.1. The normalized spacial score (nSPS) is 12.1. The Kier molecular flexibility index (Phi) is 9.43. The zero-order chi connectivity index (χ0) is 25.5. The Labute approximate surface area is 205 Å². The van der Waals surface area contributed by atoms with Crippen LogP contribution in [-0.2, 0) is 4.79 Å². The number of ether oxygens (including phenoxy) is 1. The molecule has 34 heavy (non-hydrogen) atoms. The van der Waals surface area contributed by atoms with Crippen LogP contribution < -0.4 is 26.4 Å². The van der Waals surface area contributed by atoms with E-state index >= 15 is 0 Å². The van der Waals surface area contributed by atoms with Crippen LogP contribution in [0.15, 0.2) is 24.3 Å². The minimum atomic E-state index is -0.816. The van der Waals surface area contributed by atoms with Crippen molar-refractivity contribution in [1.82, 2.24) is 9.69 Å². The highest BCUT2D eigenvalue weighted by Crippen LogP contribution is 2.30. The molecular weight excluding hydrogens is 454 g/mol. The lowest BCUT2D eigenvalue weighted by Crippen LogP contribution is -2.54. The second kappa shape index (κ2) is 11.8. The molecule has 1 atom stereocenters. The van der Waals surface area contributed by atoms with Crippen molar-refractivity contribution >= 4 is 40.6 Å². The Hall–Kier alpha value is -3.14. The van der Waals surface area contributed by atoms with Crippen LogP contribution in [0.25, 0.3) is 0 Å². The first kappa shape index (κ1) is 27.1. The van der Waals surface area contributed by atoms with E-state index in [9.17, 15) is 14.4 Å². The number of anilines is 2. The van der Waals surface area contributed by atoms with Crippen molar-refractivity contribution in [2.75, 3.05) is 17.2 Å². The summed E-state index contributed by atoms with van der Waals surface area (Å²) in [6.07, 6.45) is 3.04. The van der Waals surface area contributed by atoms with Crippen molar-refractivity contribution in [3.05, 3.63) is 34.8 Å². The molecule has 1 aromatic heterocycles. The van der Waals surface area contributed by atoms with Crippen LogP contribution in [0.1, 0.15) is 80.5 Å². The SMILES string of the molecule is CCCCOc1ccc(N(C(=O)c2snc(C(N)=O)c2N)[C@H](CCC)C(=O)NC(C)(C)C)cc1. The van der Waals surface area contributed by atoms with Crippen molar-refractivity contribution in [2.24, 2.45) is 5.73 Å². The Morgan fingerprint density at radius 2 is 1.79 bits per heavy atom. The summed E-state index contributed by atoms with van der Waals surface area (Å²) in [6.45, 7) is 10.3. The van der Waals surface area contributed by atoms with Crippen molar-refractivity contribution in [2.45, 2.75) is 71.9 Å². The number of aromatic nitrogens is 1. The Bertz CT molecular complexity index is 998. The summed E-state index contributed by atoms with van der Waals surface area (Å²) in [7, 11) is 0. The number of primary amides is 1. The number of hydrogen-bond donors (Lipinski definition) is 3. The van der Waals surface area contributed by atoms with E-state index in [0.717, 1.165) is 24.4 Å². The molecule has 0 spiro atoms. The van der Waals surface area contributed by atoms with E-state index in [-0.39, 0.29) is 22.2 Å². The molecule has 186 valence electrons. The first-order valence-corrected chi connectivity index (χ1v) is 12.2. The molecule has 0 bridgehead atoms. The number of carbonyl (C=O) groups excluding carboxylic acids is 3. The largest absolute Gasteiger partial charge is 0.494 e. The van der Waals surface area contributed by atoms with E-state index in [0.29, 0.717) is 30.9 Å². The monoisotopic (exact) mass is 489 g/mol. The summed E-state index contributed by atoms with van der Waals surface area (Å²) in [5.74, 6) is -0.957. The van der Waals surface area contributed by atoms with Crippen molar-refractivity contribution < 1.29 is 19.1 Å². The quantitative estimate of drug-likeness (QED) is 0.411. The maximum absolute atomic E-state index is 13.7. The predicted molar refractivity (Wildman–Crippen MR) is 135 cm³/mol. The molecule has 0 saturated heterocycles. The van der Waals surface area contributed by atoms with Gasteiger partial charge in [-0.1, -0.05) is 26.7 Å². The van der Waals surface area contributed by atoms with Gasteiger partial charge in [-0.15, -0.1) is 0 Å². The second-order valence-electron chi connectivity index (χ2n) is 9.05. The van der Waals surface area contributed by atoms with E-state index in [1.807, 2.05) is 27.7 Å². The number of nitrogens with one attached hydrogen (secondary N) is 1. The highest BCUT2D eigenvalue weighted by molar-refractivity contribution is 7.09. The molecule has 10 heteroatoms. The van der Waals surface area contributed by atoms with Gasteiger partial charge in [-0.25, -0.2) is 0 Å². The number of nitrogens with zero attached hydrogens (tertiary/aromatic N) is 2. The molecule has 0 aliphatic rings. The smallest absolute Gasteiger partial charge is 0.272 e. The Balaban J connectivity index is 2.52. The van der Waals surface area contributed by atoms with Gasteiger partial charge in [0.15, 0.2) is 5.69 Å². The van der Waals surface area contributed by atoms with E-state index in [2.05, 4.69) is 16.6 Å². The molecule has 0 saturated carbocycles. The third-order valence-electron chi connectivity index (χ3n) is 4.93. The van der Waals surface area contributed by atoms with Gasteiger partial charge < -0.3 is 21.5 Å². The van der Waals surface area contributed by atoms with Gasteiger partial charge in [0.1, 0.15) is 16.7 Å². The first-order chi connectivity index (χ1) is 16.0. The molecule has 0 aliphatic carbocycles. The molecule has 9 nitrogen and oxygen atoms in total. The summed E-state index contributed by atoms with van der Waals surface area (Å²) in [6, 6.07) is 6.19. The van der Waals surface area contributed by atoms with Crippen LogP contribution in [0.4, 0.5) is 11.4 Å². The van der Waals surface area contributed by atoms with E-state index < -0.39 is 23.4 Å². The summed E-state index contributed by atoms with van der Waals surface area (Å²) < 4.78 is 9.69. The number of rotatable bonds is 11. The maximum atomic E-state index is 13.7. The van der Waals surface area contributed by atoms with Crippen LogP contribution in [-0.4, -0.2) is 40.3 Å². The Morgan fingerprint density at radius 1 is 1.15 bits per heavy atom. The standard InChI is InChI=1S/C24H35N5O4S/c1-6-8-14-33-16-12-10-15(11-13-16)29(17(9-7-2)22(31)27-24(3,4)5)23(32)20-18(25)19(21(26)30)28-34-20/h10-13,17H,6-9,14,25H2,1-5H3,(H2,26,30)(H,27,31)/t17-/m1/s1. The highest BCUT2D eigenvalue weighted by Gasteiger charge is 2.35. The van der Waals surface area contributed by atoms with Gasteiger partial charge >= 0.3 is 0 Å². The van der Waals surface area contributed by atoms with Crippen LogP contribution in [0, 0.1) is 0 Å². The number of nitrogens with two attached hydrogens (primary N) is 2. The minimum Gasteiger partial charge on any atom is -0.494 e. The number of hydrogen-bond acceptors (Lipinski definition) is 7. The van der Waals surface area contributed by atoms with Gasteiger partial charge in [0.2, 0.25) is 5.91 Å². The third kappa shape index (κ3) is 6.93. The number of carbonyl (C=O) groups is 3. The predicted octanol–water partition coefficient (Wildman–Crippen LogP) is 3.73.